The molecule has 0 bridgehead atoms. The fraction of sp³-hybridized carbons (Fsp3) is 0.467. The number of carbonyl (C=O) groups is 1. The Kier molecular flexibility index (Phi) is 4.72. The first-order valence-electron chi connectivity index (χ1n) is 6.86. The molecule has 1 heterocycles. The number of rotatable bonds is 4. The maximum absolute atomic E-state index is 12.0. The normalized spacial score (nSPS) is 20.4. The van der Waals surface area contributed by atoms with Gasteiger partial charge in [-0.15, -0.1) is 0 Å². The molecule has 1 amide bonds. The Labute approximate surface area is 119 Å². The van der Waals surface area contributed by atoms with Crippen LogP contribution in [0.4, 0.5) is 5.69 Å². The summed E-state index contributed by atoms with van der Waals surface area (Å²) in [6.45, 7) is 4.22. The van der Waals surface area contributed by atoms with Crippen molar-refractivity contribution in [2.45, 2.75) is 19.4 Å². The fourth-order valence-corrected chi connectivity index (χ4v) is 2.47. The summed E-state index contributed by atoms with van der Waals surface area (Å²) in [5.74, 6) is 0.456. The Morgan fingerprint density at radius 1 is 1.55 bits per heavy atom. The van der Waals surface area contributed by atoms with Crippen molar-refractivity contribution >= 4 is 11.6 Å². The highest BCUT2D eigenvalue weighted by Gasteiger charge is 2.26. The lowest BCUT2D eigenvalue weighted by Gasteiger charge is -2.17. The van der Waals surface area contributed by atoms with E-state index >= 15 is 0 Å². The van der Waals surface area contributed by atoms with Crippen LogP contribution in [0.25, 0.3) is 0 Å². The highest BCUT2D eigenvalue weighted by molar-refractivity contribution is 5.92. The van der Waals surface area contributed by atoms with Gasteiger partial charge in [-0.05, 0) is 50.1 Å². The summed E-state index contributed by atoms with van der Waals surface area (Å²) >= 11 is 0. The number of amides is 1. The van der Waals surface area contributed by atoms with Gasteiger partial charge in [0.05, 0.1) is 18.2 Å². The molecule has 3 N–H and O–H groups in total. The molecule has 20 heavy (non-hydrogen) atoms. The standard InChI is InChI=1S/C15H20N4O/c1-11(17)13-6-7-19(9-13)10-15(20)18-14-4-2-12(8-16)3-5-14/h2-5,11,13H,6-7,9-10,17H2,1H3,(H,18,20). The second-order valence-electron chi connectivity index (χ2n) is 5.38. The SMILES string of the molecule is CC(N)C1CCN(CC(=O)Nc2ccc(C#N)cc2)C1. The number of hydrogen-bond acceptors (Lipinski definition) is 4. The van der Waals surface area contributed by atoms with Crippen LogP contribution in [0.15, 0.2) is 24.3 Å². The molecule has 1 aliphatic heterocycles. The zero-order valence-corrected chi connectivity index (χ0v) is 11.7. The van der Waals surface area contributed by atoms with E-state index in [9.17, 15) is 4.79 Å². The zero-order valence-electron chi connectivity index (χ0n) is 11.7. The van der Waals surface area contributed by atoms with Gasteiger partial charge in [0, 0.05) is 18.3 Å². The quantitative estimate of drug-likeness (QED) is 0.862. The van der Waals surface area contributed by atoms with E-state index in [0.717, 1.165) is 25.2 Å². The van der Waals surface area contributed by atoms with Crippen LogP contribution in [0, 0.1) is 17.2 Å². The van der Waals surface area contributed by atoms with E-state index in [-0.39, 0.29) is 11.9 Å². The Bertz CT molecular complexity index is 504. The zero-order chi connectivity index (χ0) is 14.5. The maximum Gasteiger partial charge on any atom is 0.238 e. The van der Waals surface area contributed by atoms with E-state index in [1.807, 2.05) is 13.0 Å². The first-order chi connectivity index (χ1) is 9.58. The fourth-order valence-electron chi connectivity index (χ4n) is 2.47. The van der Waals surface area contributed by atoms with Crippen molar-refractivity contribution < 1.29 is 4.79 Å². The van der Waals surface area contributed by atoms with Crippen LogP contribution >= 0.6 is 0 Å². The van der Waals surface area contributed by atoms with Crippen LogP contribution in [-0.2, 0) is 4.79 Å². The van der Waals surface area contributed by atoms with Crippen molar-refractivity contribution in [2.75, 3.05) is 25.0 Å². The predicted molar refractivity (Wildman–Crippen MR) is 78.0 cm³/mol. The molecule has 2 unspecified atom stereocenters. The van der Waals surface area contributed by atoms with E-state index < -0.39 is 0 Å². The lowest BCUT2D eigenvalue weighted by Crippen LogP contribution is -2.34. The third kappa shape index (κ3) is 3.80. The monoisotopic (exact) mass is 272 g/mol. The molecule has 2 rings (SSSR count). The van der Waals surface area contributed by atoms with Crippen molar-refractivity contribution in [3.05, 3.63) is 29.8 Å². The Hall–Kier alpha value is -1.90. The molecule has 1 aromatic carbocycles. The third-order valence-electron chi connectivity index (χ3n) is 3.72. The number of hydrogen-bond donors (Lipinski definition) is 2. The van der Waals surface area contributed by atoms with Crippen molar-refractivity contribution in [1.29, 1.82) is 5.26 Å². The van der Waals surface area contributed by atoms with Crippen LogP contribution in [-0.4, -0.2) is 36.5 Å². The van der Waals surface area contributed by atoms with E-state index in [4.69, 9.17) is 11.0 Å². The molecule has 5 nitrogen and oxygen atoms in total. The number of nitrogens with zero attached hydrogens (tertiary/aromatic N) is 2. The smallest absolute Gasteiger partial charge is 0.238 e. The Morgan fingerprint density at radius 2 is 2.25 bits per heavy atom. The molecule has 1 fully saturated rings. The minimum absolute atomic E-state index is 0.0277. The summed E-state index contributed by atoms with van der Waals surface area (Å²) < 4.78 is 0. The summed E-state index contributed by atoms with van der Waals surface area (Å²) in [6.07, 6.45) is 1.06. The number of benzene rings is 1. The number of anilines is 1. The van der Waals surface area contributed by atoms with Crippen LogP contribution in [0.2, 0.25) is 0 Å². The van der Waals surface area contributed by atoms with Gasteiger partial charge in [-0.1, -0.05) is 0 Å². The van der Waals surface area contributed by atoms with Crippen LogP contribution < -0.4 is 11.1 Å². The van der Waals surface area contributed by atoms with Crippen molar-refractivity contribution in [2.24, 2.45) is 11.7 Å². The second-order valence-corrected chi connectivity index (χ2v) is 5.38. The molecular formula is C15H20N4O. The van der Waals surface area contributed by atoms with Crippen molar-refractivity contribution in [3.63, 3.8) is 0 Å². The number of nitriles is 1. The van der Waals surface area contributed by atoms with Crippen LogP contribution in [0.1, 0.15) is 18.9 Å². The van der Waals surface area contributed by atoms with E-state index in [2.05, 4.69) is 10.2 Å². The van der Waals surface area contributed by atoms with Gasteiger partial charge in [-0.3, -0.25) is 9.69 Å². The number of likely N-dealkylation sites (tertiary alicyclic amines) is 1. The molecular weight excluding hydrogens is 252 g/mol. The lowest BCUT2D eigenvalue weighted by molar-refractivity contribution is -0.117. The maximum atomic E-state index is 12.0. The average Bonchev–Trinajstić information content (AvgIpc) is 2.88. The largest absolute Gasteiger partial charge is 0.328 e. The van der Waals surface area contributed by atoms with E-state index in [1.165, 1.54) is 0 Å². The molecule has 2 atom stereocenters. The summed E-state index contributed by atoms with van der Waals surface area (Å²) in [5.41, 5.74) is 7.19. The van der Waals surface area contributed by atoms with Gasteiger partial charge >= 0.3 is 0 Å². The first kappa shape index (κ1) is 14.5. The molecule has 0 aliphatic carbocycles. The molecule has 0 saturated carbocycles. The molecule has 1 saturated heterocycles. The van der Waals surface area contributed by atoms with Crippen molar-refractivity contribution in [3.8, 4) is 6.07 Å². The topological polar surface area (TPSA) is 82.2 Å². The summed E-state index contributed by atoms with van der Waals surface area (Å²) in [5, 5.41) is 11.6. The average molecular weight is 272 g/mol. The van der Waals surface area contributed by atoms with Gasteiger partial charge in [-0.2, -0.15) is 5.26 Å². The molecule has 0 aromatic heterocycles. The summed E-state index contributed by atoms with van der Waals surface area (Å²) in [7, 11) is 0. The molecule has 0 spiro atoms. The highest BCUT2D eigenvalue weighted by atomic mass is 16.2. The molecule has 1 aliphatic rings. The van der Waals surface area contributed by atoms with Gasteiger partial charge in [0.15, 0.2) is 0 Å². The number of nitrogens with one attached hydrogen (secondary N) is 1. The van der Waals surface area contributed by atoms with Gasteiger partial charge in [0.1, 0.15) is 0 Å². The highest BCUT2D eigenvalue weighted by Crippen LogP contribution is 2.18. The first-order valence-corrected chi connectivity index (χ1v) is 6.86. The molecule has 5 heteroatoms. The third-order valence-corrected chi connectivity index (χ3v) is 3.72. The number of nitrogens with two attached hydrogens (primary N) is 1. The van der Waals surface area contributed by atoms with Crippen LogP contribution in [0.3, 0.4) is 0 Å². The second kappa shape index (κ2) is 6.51. The Morgan fingerprint density at radius 3 is 2.80 bits per heavy atom. The van der Waals surface area contributed by atoms with Crippen LogP contribution in [0.5, 0.6) is 0 Å². The van der Waals surface area contributed by atoms with E-state index in [0.29, 0.717) is 18.0 Å². The lowest BCUT2D eigenvalue weighted by atomic mass is 10.0. The minimum Gasteiger partial charge on any atom is -0.328 e. The molecule has 1 aromatic rings. The van der Waals surface area contributed by atoms with Gasteiger partial charge in [0.2, 0.25) is 5.91 Å². The van der Waals surface area contributed by atoms with Crippen molar-refractivity contribution in [1.82, 2.24) is 4.90 Å². The Balaban J connectivity index is 1.82. The predicted octanol–water partition coefficient (Wildman–Crippen LogP) is 1.17. The molecule has 0 radical (unpaired) electrons. The van der Waals surface area contributed by atoms with Gasteiger partial charge in [-0.25, -0.2) is 0 Å². The molecule has 106 valence electrons. The summed E-state index contributed by atoms with van der Waals surface area (Å²) in [4.78, 5) is 14.1. The minimum atomic E-state index is -0.0277. The van der Waals surface area contributed by atoms with Gasteiger partial charge < -0.3 is 11.1 Å². The summed E-state index contributed by atoms with van der Waals surface area (Å²) in [6, 6.07) is 9.10. The van der Waals surface area contributed by atoms with E-state index in [1.54, 1.807) is 24.3 Å². The van der Waals surface area contributed by atoms with Gasteiger partial charge in [0.25, 0.3) is 0 Å². The number of carbonyl (C=O) groups excluding carboxylic acids is 1.